The third-order valence-electron chi connectivity index (χ3n) is 8.58. The minimum absolute atomic E-state index is 0.109. The Hall–Kier alpha value is -4.40. The van der Waals surface area contributed by atoms with Crippen LogP contribution >= 0.6 is 0 Å². The fourth-order valence-electron chi connectivity index (χ4n) is 6.49. The highest BCUT2D eigenvalue weighted by Gasteiger charge is 2.54. The predicted octanol–water partition coefficient (Wildman–Crippen LogP) is 7.08. The second-order valence-electron chi connectivity index (χ2n) is 13.5. The van der Waals surface area contributed by atoms with Crippen molar-refractivity contribution in [1.29, 1.82) is 0 Å². The van der Waals surface area contributed by atoms with E-state index in [4.69, 9.17) is 8.85 Å². The number of rotatable bonds is 9. The summed E-state index contributed by atoms with van der Waals surface area (Å²) >= 11 is 0. The number of aromatic hydroxyl groups is 1. The fraction of sp³-hybridized carbons (Fsp3) is 0.205. The lowest BCUT2D eigenvalue weighted by molar-refractivity contribution is 0.111. The Kier molecular flexibility index (Phi) is 8.92. The average Bonchev–Trinajstić information content (AvgIpc) is 3.03. The van der Waals surface area contributed by atoms with Gasteiger partial charge < -0.3 is 14.0 Å². The van der Waals surface area contributed by atoms with E-state index in [9.17, 15) is 9.90 Å². The zero-order valence-corrected chi connectivity index (χ0v) is 29.0. The molecule has 0 amide bonds. The van der Waals surface area contributed by atoms with E-state index in [1.165, 1.54) is 0 Å². The Morgan fingerprint density at radius 2 is 0.867 bits per heavy atom. The second kappa shape index (κ2) is 12.5. The standard InChI is InChI=1S/C39H42O4Si2/c1-38(2,3)44(31-19-11-7-12-20-31,32-21-13-8-14-22-32)42-30-27-36(41)35(29-40)37(28-30)43-45(39(4,5)6,33-23-15-9-16-24-33)34-25-17-10-18-26-34/h7-29,41H,1-6H3. The van der Waals surface area contributed by atoms with Gasteiger partial charge in [0.1, 0.15) is 17.2 Å². The van der Waals surface area contributed by atoms with Gasteiger partial charge >= 0.3 is 16.6 Å². The molecular weight excluding hydrogens is 589 g/mol. The van der Waals surface area contributed by atoms with Crippen molar-refractivity contribution in [3.8, 4) is 17.2 Å². The molecule has 5 aromatic carbocycles. The molecule has 5 rings (SSSR count). The van der Waals surface area contributed by atoms with Crippen molar-refractivity contribution in [3.63, 3.8) is 0 Å². The molecule has 0 aliphatic rings. The molecule has 0 atom stereocenters. The summed E-state index contributed by atoms with van der Waals surface area (Å²) in [6.45, 7) is 13.2. The monoisotopic (exact) mass is 630 g/mol. The lowest BCUT2D eigenvalue weighted by Crippen LogP contribution is -2.69. The van der Waals surface area contributed by atoms with Gasteiger partial charge in [0.2, 0.25) is 0 Å². The van der Waals surface area contributed by atoms with Gasteiger partial charge in [-0.2, -0.15) is 0 Å². The summed E-state index contributed by atoms with van der Waals surface area (Å²) in [6.07, 6.45) is 0.676. The molecule has 0 saturated heterocycles. The molecule has 1 N–H and O–H groups in total. The highest BCUT2D eigenvalue weighted by atomic mass is 28.4. The van der Waals surface area contributed by atoms with E-state index in [2.05, 4.69) is 90.1 Å². The Morgan fingerprint density at radius 3 is 1.18 bits per heavy atom. The van der Waals surface area contributed by atoms with Gasteiger partial charge in [0, 0.05) is 12.1 Å². The summed E-state index contributed by atoms with van der Waals surface area (Å²) in [7, 11) is -6.15. The van der Waals surface area contributed by atoms with Gasteiger partial charge in [-0.05, 0) is 30.8 Å². The minimum Gasteiger partial charge on any atom is -0.534 e. The van der Waals surface area contributed by atoms with E-state index >= 15 is 0 Å². The van der Waals surface area contributed by atoms with Gasteiger partial charge in [0.15, 0.2) is 6.29 Å². The van der Waals surface area contributed by atoms with Crippen LogP contribution in [-0.2, 0) is 0 Å². The number of hydrogen-bond acceptors (Lipinski definition) is 4. The molecule has 0 aliphatic carbocycles. The smallest absolute Gasteiger partial charge is 0.319 e. The van der Waals surface area contributed by atoms with E-state index in [0.29, 0.717) is 17.8 Å². The van der Waals surface area contributed by atoms with Crippen LogP contribution in [0, 0.1) is 0 Å². The maximum absolute atomic E-state index is 12.6. The van der Waals surface area contributed by atoms with Gasteiger partial charge in [0.25, 0.3) is 0 Å². The highest BCUT2D eigenvalue weighted by Crippen LogP contribution is 2.43. The van der Waals surface area contributed by atoms with Crippen LogP contribution in [0.4, 0.5) is 0 Å². The molecule has 6 heteroatoms. The van der Waals surface area contributed by atoms with Gasteiger partial charge in [-0.25, -0.2) is 0 Å². The summed E-state index contributed by atoms with van der Waals surface area (Å²) < 4.78 is 14.5. The molecule has 4 nitrogen and oxygen atoms in total. The first-order chi connectivity index (χ1) is 21.4. The van der Waals surface area contributed by atoms with E-state index in [1.807, 2.05) is 78.9 Å². The summed E-state index contributed by atoms with van der Waals surface area (Å²) in [5, 5.41) is 15.1. The van der Waals surface area contributed by atoms with E-state index in [0.717, 1.165) is 20.7 Å². The van der Waals surface area contributed by atoms with Crippen LogP contribution in [0.1, 0.15) is 51.9 Å². The van der Waals surface area contributed by atoms with Crippen LogP contribution in [0.15, 0.2) is 133 Å². The zero-order valence-electron chi connectivity index (χ0n) is 27.0. The number of carbonyl (C=O) groups excluding carboxylic acids is 1. The van der Waals surface area contributed by atoms with Gasteiger partial charge in [-0.1, -0.05) is 163 Å². The van der Waals surface area contributed by atoms with Crippen LogP contribution in [-0.4, -0.2) is 28.0 Å². The summed E-state index contributed by atoms with van der Waals surface area (Å²) in [5.74, 6) is 0.598. The van der Waals surface area contributed by atoms with Crippen molar-refractivity contribution in [2.24, 2.45) is 0 Å². The molecule has 0 bridgehead atoms. The van der Waals surface area contributed by atoms with Crippen molar-refractivity contribution in [2.45, 2.75) is 51.6 Å². The first-order valence-corrected chi connectivity index (χ1v) is 19.2. The Labute approximate surface area is 269 Å². The van der Waals surface area contributed by atoms with Crippen LogP contribution < -0.4 is 29.6 Å². The lowest BCUT2D eigenvalue weighted by atomic mass is 10.2. The number of carbonyl (C=O) groups is 1. The predicted molar refractivity (Wildman–Crippen MR) is 190 cm³/mol. The van der Waals surface area contributed by atoms with E-state index in [-0.39, 0.29) is 21.4 Å². The molecule has 0 heterocycles. The van der Waals surface area contributed by atoms with Crippen LogP contribution in [0.3, 0.4) is 0 Å². The molecule has 45 heavy (non-hydrogen) atoms. The molecule has 0 unspecified atom stereocenters. The van der Waals surface area contributed by atoms with Crippen LogP contribution in [0.2, 0.25) is 10.1 Å². The van der Waals surface area contributed by atoms with Crippen LogP contribution in [0.5, 0.6) is 17.2 Å². The normalized spacial score (nSPS) is 12.4. The maximum atomic E-state index is 12.6. The van der Waals surface area contributed by atoms with Gasteiger partial charge in [-0.15, -0.1) is 0 Å². The van der Waals surface area contributed by atoms with E-state index in [1.54, 1.807) is 6.07 Å². The average molecular weight is 631 g/mol. The SMILES string of the molecule is CC(C)(C)[Si](Oc1cc(O)c(C=O)c(O[Si](c2ccccc2)(c2ccccc2)C(C)(C)C)c1)(c1ccccc1)c1ccccc1. The van der Waals surface area contributed by atoms with Gasteiger partial charge in [0.05, 0.1) is 5.56 Å². The maximum Gasteiger partial charge on any atom is 0.319 e. The van der Waals surface area contributed by atoms with E-state index < -0.39 is 16.6 Å². The van der Waals surface area contributed by atoms with Crippen molar-refractivity contribution >= 4 is 43.7 Å². The number of phenols is 1. The third-order valence-corrected chi connectivity index (χ3v) is 18.5. The topological polar surface area (TPSA) is 55.8 Å². The molecule has 0 radical (unpaired) electrons. The Bertz CT molecular complexity index is 1650. The van der Waals surface area contributed by atoms with Crippen molar-refractivity contribution in [3.05, 3.63) is 139 Å². The molecule has 5 aromatic rings. The first kappa shape index (κ1) is 32.0. The zero-order chi connectivity index (χ0) is 32.3. The van der Waals surface area contributed by atoms with Crippen molar-refractivity contribution < 1.29 is 18.8 Å². The molecule has 0 spiro atoms. The number of aldehydes is 1. The molecule has 0 fully saturated rings. The molecular formula is C39H42O4Si2. The number of phenolic OH excluding ortho intramolecular Hbond substituents is 1. The largest absolute Gasteiger partial charge is 0.534 e. The second-order valence-corrected chi connectivity index (χ2v) is 21.9. The number of hydrogen-bond donors (Lipinski definition) is 1. The van der Waals surface area contributed by atoms with Crippen molar-refractivity contribution in [2.75, 3.05) is 0 Å². The molecule has 0 saturated carbocycles. The fourth-order valence-corrected chi connectivity index (χ4v) is 15.3. The molecule has 230 valence electrons. The molecule has 0 aliphatic heterocycles. The minimum atomic E-state index is -3.12. The van der Waals surface area contributed by atoms with Crippen molar-refractivity contribution in [1.82, 2.24) is 0 Å². The van der Waals surface area contributed by atoms with Crippen LogP contribution in [0.25, 0.3) is 0 Å². The summed E-state index contributed by atoms with van der Waals surface area (Å²) in [5.41, 5.74) is 0.109. The number of benzene rings is 5. The summed E-state index contributed by atoms with van der Waals surface area (Å²) in [4.78, 5) is 12.6. The lowest BCUT2D eigenvalue weighted by Gasteiger charge is -2.44. The highest BCUT2D eigenvalue weighted by molar-refractivity contribution is 7.00. The Morgan fingerprint density at radius 1 is 0.533 bits per heavy atom. The first-order valence-electron chi connectivity index (χ1n) is 15.4. The quantitative estimate of drug-likeness (QED) is 0.140. The van der Waals surface area contributed by atoms with Gasteiger partial charge in [-0.3, -0.25) is 4.79 Å². The summed E-state index contributed by atoms with van der Waals surface area (Å²) in [6, 6.07) is 44.6. The third kappa shape index (κ3) is 5.88. The Balaban J connectivity index is 1.76. The molecule has 0 aromatic heterocycles.